The van der Waals surface area contributed by atoms with Crippen molar-refractivity contribution in [3.8, 4) is 0 Å². The molecule has 0 radical (unpaired) electrons. The summed E-state index contributed by atoms with van der Waals surface area (Å²) in [5.41, 5.74) is 1.50. The van der Waals surface area contributed by atoms with Crippen molar-refractivity contribution in [3.05, 3.63) is 41.2 Å². The average molecular weight is 232 g/mol. The Morgan fingerprint density at radius 3 is 2.44 bits per heavy atom. The Hall–Kier alpha value is -1.00. The van der Waals surface area contributed by atoms with Crippen LogP contribution in [0.4, 0.5) is 0 Å². The minimum Gasteiger partial charge on any atom is -0.127 e. The van der Waals surface area contributed by atoms with Gasteiger partial charge in [-0.15, -0.1) is 8.19 Å². The van der Waals surface area contributed by atoms with Crippen LogP contribution in [0.3, 0.4) is 0 Å². The van der Waals surface area contributed by atoms with Crippen molar-refractivity contribution in [3.63, 3.8) is 0 Å². The maximum absolute atomic E-state index is 2.27. The van der Waals surface area contributed by atoms with E-state index in [-0.39, 0.29) is 0 Å². The molecule has 0 nitrogen and oxygen atoms in total. The summed E-state index contributed by atoms with van der Waals surface area (Å²) >= 11 is 0. The molecule has 0 N–H and O–H groups in total. The van der Waals surface area contributed by atoms with Crippen molar-refractivity contribution in [2.45, 2.75) is 34.1 Å². The van der Waals surface area contributed by atoms with E-state index in [9.17, 15) is 0 Å². The maximum Gasteiger partial charge on any atom is -0.000923 e. The highest BCUT2D eigenvalue weighted by molar-refractivity contribution is 7.38. The second-order valence-electron chi connectivity index (χ2n) is 3.17. The lowest BCUT2D eigenvalue weighted by atomic mass is 10.2. The molecule has 16 heavy (non-hydrogen) atoms. The molecule has 1 unspecified atom stereocenters. The van der Waals surface area contributed by atoms with E-state index in [1.807, 2.05) is 27.7 Å². The lowest BCUT2D eigenvalue weighted by Gasteiger charge is -1.89. The second-order valence-corrected chi connectivity index (χ2v) is 4.56. The van der Waals surface area contributed by atoms with E-state index in [1.165, 1.54) is 22.5 Å². The Morgan fingerprint density at radius 2 is 1.69 bits per heavy atom. The number of allylic oxidation sites excluding steroid dienone is 1. The Morgan fingerprint density at radius 1 is 1.00 bits per heavy atom. The van der Waals surface area contributed by atoms with Crippen molar-refractivity contribution in [2.75, 3.05) is 0 Å². The van der Waals surface area contributed by atoms with E-state index in [4.69, 9.17) is 0 Å². The molecular formula is C15H21P. The average Bonchev–Trinajstić information content (AvgIpc) is 2.94. The number of benzene rings is 1. The number of hydrogen-bond donors (Lipinski definition) is 0. The molecule has 1 heterocycles. The van der Waals surface area contributed by atoms with E-state index < -0.39 is 0 Å². The third-order valence-corrected chi connectivity index (χ3v) is 3.91. The molecule has 0 saturated heterocycles. The highest BCUT2D eigenvalue weighted by Gasteiger charge is 2.10. The quantitative estimate of drug-likeness (QED) is 0.563. The van der Waals surface area contributed by atoms with Gasteiger partial charge < -0.3 is 0 Å². The summed E-state index contributed by atoms with van der Waals surface area (Å²) in [5.74, 6) is 0. The zero-order chi connectivity index (χ0) is 12.0. The molecule has 2 aromatic rings. The van der Waals surface area contributed by atoms with E-state index in [1.54, 1.807) is 5.30 Å². The van der Waals surface area contributed by atoms with Gasteiger partial charge in [0.2, 0.25) is 0 Å². The van der Waals surface area contributed by atoms with Crippen LogP contribution < -0.4 is 0 Å². The minimum absolute atomic E-state index is 0.931. The van der Waals surface area contributed by atoms with Crippen LogP contribution in [-0.2, 0) is 6.42 Å². The third kappa shape index (κ3) is 2.39. The monoisotopic (exact) mass is 232 g/mol. The van der Waals surface area contributed by atoms with Crippen LogP contribution in [0.2, 0.25) is 0 Å². The number of rotatable bonds is 0. The third-order valence-electron chi connectivity index (χ3n) is 2.43. The standard InChI is InChI=1S/C11H9P.2C2H6/c1-2-6-10-8(4-1)9-5-3-7-11(9)12-10;2*1-2/h1-6,12H,7H2;2*1-2H3. The van der Waals surface area contributed by atoms with Crippen LogP contribution in [0.5, 0.6) is 0 Å². The summed E-state index contributed by atoms with van der Waals surface area (Å²) in [5, 5.41) is 4.64. The highest BCUT2D eigenvalue weighted by Crippen LogP contribution is 2.39. The minimum atomic E-state index is 0.931. The maximum atomic E-state index is 2.27. The largest absolute Gasteiger partial charge is 0.127 e. The van der Waals surface area contributed by atoms with E-state index in [0.29, 0.717) is 0 Å². The Kier molecular flexibility index (Phi) is 5.35. The molecule has 86 valence electrons. The van der Waals surface area contributed by atoms with Gasteiger partial charge in [-0.2, -0.15) is 0 Å². The van der Waals surface area contributed by atoms with Crippen molar-refractivity contribution in [1.82, 2.24) is 0 Å². The predicted octanol–water partition coefficient (Wildman–Crippen LogP) is 5.49. The summed E-state index contributed by atoms with van der Waals surface area (Å²) in [4.78, 5) is 0. The molecule has 1 heteroatoms. The normalized spacial score (nSPS) is 11.8. The SMILES string of the molecule is C1=Cc2c([pH]c3ccccc23)C1.CC.CC. The van der Waals surface area contributed by atoms with Crippen molar-refractivity contribution in [1.29, 1.82) is 0 Å². The van der Waals surface area contributed by atoms with Crippen LogP contribution >= 0.6 is 8.19 Å². The van der Waals surface area contributed by atoms with Crippen LogP contribution in [0.1, 0.15) is 38.6 Å². The second kappa shape index (κ2) is 6.55. The molecule has 1 aliphatic rings. The van der Waals surface area contributed by atoms with Crippen molar-refractivity contribution in [2.24, 2.45) is 0 Å². The summed E-state index contributed by atoms with van der Waals surface area (Å²) in [6.07, 6.45) is 5.73. The first-order valence-corrected chi connectivity index (χ1v) is 7.21. The predicted molar refractivity (Wildman–Crippen MR) is 78.9 cm³/mol. The fourth-order valence-corrected chi connectivity index (χ4v) is 3.30. The summed E-state index contributed by atoms with van der Waals surface area (Å²) < 4.78 is 0. The zero-order valence-corrected chi connectivity index (χ0v) is 11.7. The van der Waals surface area contributed by atoms with Gasteiger partial charge in [-0.1, -0.05) is 64.1 Å². The molecule has 3 rings (SSSR count). The number of fused-ring (bicyclic) bond motifs is 3. The molecular weight excluding hydrogens is 211 g/mol. The van der Waals surface area contributed by atoms with Gasteiger partial charge >= 0.3 is 0 Å². The molecule has 0 amide bonds. The fourth-order valence-electron chi connectivity index (χ4n) is 1.87. The van der Waals surface area contributed by atoms with Gasteiger partial charge in [-0.05, 0) is 27.8 Å². The molecule has 0 spiro atoms. The van der Waals surface area contributed by atoms with Crippen LogP contribution in [-0.4, -0.2) is 0 Å². The van der Waals surface area contributed by atoms with Gasteiger partial charge in [0.05, 0.1) is 0 Å². The first-order chi connectivity index (χ1) is 7.95. The van der Waals surface area contributed by atoms with E-state index in [2.05, 4.69) is 36.4 Å². The summed E-state index contributed by atoms with van der Waals surface area (Å²) in [6.45, 7) is 8.00. The molecule has 1 aliphatic carbocycles. The Bertz CT molecular complexity index is 463. The fraction of sp³-hybridized carbons (Fsp3) is 0.333. The van der Waals surface area contributed by atoms with E-state index in [0.717, 1.165) is 8.19 Å². The van der Waals surface area contributed by atoms with Gasteiger partial charge in [0.15, 0.2) is 0 Å². The van der Waals surface area contributed by atoms with Crippen LogP contribution in [0.15, 0.2) is 30.3 Å². The van der Waals surface area contributed by atoms with Gasteiger partial charge in [-0.3, -0.25) is 0 Å². The lowest BCUT2D eigenvalue weighted by Crippen LogP contribution is -1.68. The molecule has 0 saturated carbocycles. The van der Waals surface area contributed by atoms with Crippen molar-refractivity contribution < 1.29 is 0 Å². The molecule has 1 atom stereocenters. The Balaban J connectivity index is 0.000000291. The van der Waals surface area contributed by atoms with Gasteiger partial charge in [0.1, 0.15) is 0 Å². The zero-order valence-electron chi connectivity index (χ0n) is 10.7. The van der Waals surface area contributed by atoms with Crippen LogP contribution in [0.25, 0.3) is 16.6 Å². The van der Waals surface area contributed by atoms with Crippen LogP contribution in [0, 0.1) is 0 Å². The molecule has 1 aromatic heterocycles. The molecule has 1 aromatic carbocycles. The smallest absolute Gasteiger partial charge is 0.000923 e. The van der Waals surface area contributed by atoms with Gasteiger partial charge in [-0.25, -0.2) is 0 Å². The Labute approximate surface area is 100 Å². The first-order valence-electron chi connectivity index (χ1n) is 6.21. The van der Waals surface area contributed by atoms with Crippen molar-refractivity contribution >= 4 is 24.8 Å². The lowest BCUT2D eigenvalue weighted by molar-refractivity contribution is 1.40. The topological polar surface area (TPSA) is 0 Å². The van der Waals surface area contributed by atoms with Gasteiger partial charge in [0.25, 0.3) is 0 Å². The highest BCUT2D eigenvalue weighted by atomic mass is 31.0. The summed E-state index contributed by atoms with van der Waals surface area (Å²) in [7, 11) is 0.931. The molecule has 0 bridgehead atoms. The summed E-state index contributed by atoms with van der Waals surface area (Å²) in [6, 6.07) is 8.75. The number of hydrogen-bond acceptors (Lipinski definition) is 0. The van der Waals surface area contributed by atoms with E-state index >= 15 is 0 Å². The molecule has 0 aliphatic heterocycles. The molecule has 0 fully saturated rings. The first kappa shape index (κ1) is 13.1. The van der Waals surface area contributed by atoms with Gasteiger partial charge in [0, 0.05) is 0 Å².